The second-order valence-electron chi connectivity index (χ2n) is 5.23. The highest BCUT2D eigenvalue weighted by Crippen LogP contribution is 2.27. The second-order valence-corrected chi connectivity index (χ2v) is 6.48. The van der Waals surface area contributed by atoms with Crippen molar-refractivity contribution in [1.82, 2.24) is 15.0 Å². The number of rotatable bonds is 2. The van der Waals surface area contributed by atoms with Crippen LogP contribution in [0.2, 0.25) is 0 Å². The quantitative estimate of drug-likeness (QED) is 0.825. The molecule has 5 nitrogen and oxygen atoms in total. The number of carboxylic acid groups (broad SMARTS) is 1. The van der Waals surface area contributed by atoms with Gasteiger partial charge in [0.25, 0.3) is 0 Å². The van der Waals surface area contributed by atoms with Gasteiger partial charge in [0.1, 0.15) is 0 Å². The molecule has 0 fully saturated rings. The minimum absolute atomic E-state index is 0.00560. The van der Waals surface area contributed by atoms with Crippen molar-refractivity contribution in [3.8, 4) is 5.69 Å². The number of nitrogens with zero attached hydrogens (tertiary/aromatic N) is 3. The van der Waals surface area contributed by atoms with Crippen LogP contribution in [0.15, 0.2) is 24.3 Å². The third-order valence-corrected chi connectivity index (χ3v) is 3.37. The van der Waals surface area contributed by atoms with Crippen molar-refractivity contribution in [2.75, 3.05) is 0 Å². The number of hydrogen-bond donors (Lipinski definition) is 1. The third kappa shape index (κ3) is 2.78. The van der Waals surface area contributed by atoms with Gasteiger partial charge in [-0.2, -0.15) is 0 Å². The zero-order valence-corrected chi connectivity index (χ0v) is 13.0. The van der Waals surface area contributed by atoms with Gasteiger partial charge in [0.05, 0.1) is 11.4 Å². The monoisotopic (exact) mass is 371 g/mol. The largest absolute Gasteiger partial charge is 0.476 e. The van der Waals surface area contributed by atoms with E-state index in [4.69, 9.17) is 0 Å². The molecule has 6 heteroatoms. The van der Waals surface area contributed by atoms with E-state index in [1.54, 1.807) is 4.68 Å². The van der Waals surface area contributed by atoms with Gasteiger partial charge in [0, 0.05) is 8.99 Å². The Hall–Kier alpha value is -1.44. The molecule has 100 valence electrons. The SMILES string of the molecule is CC(C)(C)c1c(C(=O)O)nnn1-c1ccc(I)cc1. The molecule has 0 spiro atoms. The first kappa shape index (κ1) is 14.0. The lowest BCUT2D eigenvalue weighted by atomic mass is 9.90. The molecule has 1 aromatic heterocycles. The summed E-state index contributed by atoms with van der Waals surface area (Å²) < 4.78 is 2.71. The highest BCUT2D eigenvalue weighted by molar-refractivity contribution is 14.1. The summed E-state index contributed by atoms with van der Waals surface area (Å²) in [7, 11) is 0. The molecule has 2 rings (SSSR count). The number of aromatic carboxylic acids is 1. The number of benzene rings is 1. The van der Waals surface area contributed by atoms with Crippen molar-refractivity contribution in [2.45, 2.75) is 26.2 Å². The van der Waals surface area contributed by atoms with Gasteiger partial charge >= 0.3 is 5.97 Å². The molecular weight excluding hydrogens is 357 g/mol. The first-order valence-corrected chi connectivity index (χ1v) is 6.84. The van der Waals surface area contributed by atoms with Crippen molar-refractivity contribution >= 4 is 28.6 Å². The van der Waals surface area contributed by atoms with Gasteiger partial charge in [0.15, 0.2) is 5.69 Å². The average molecular weight is 371 g/mol. The molecule has 1 N–H and O–H groups in total. The van der Waals surface area contributed by atoms with E-state index in [0.717, 1.165) is 9.26 Å². The highest BCUT2D eigenvalue weighted by atomic mass is 127. The predicted molar refractivity (Wildman–Crippen MR) is 79.7 cm³/mol. The maximum Gasteiger partial charge on any atom is 0.358 e. The Morgan fingerprint density at radius 3 is 2.32 bits per heavy atom. The summed E-state index contributed by atoms with van der Waals surface area (Å²) in [6, 6.07) is 7.70. The molecule has 1 aromatic carbocycles. The number of carbonyl (C=O) groups is 1. The second kappa shape index (κ2) is 4.92. The van der Waals surface area contributed by atoms with Crippen LogP contribution in [0.5, 0.6) is 0 Å². The summed E-state index contributed by atoms with van der Waals surface area (Å²) in [6.07, 6.45) is 0. The molecule has 1 heterocycles. The fraction of sp³-hybridized carbons (Fsp3) is 0.308. The summed E-state index contributed by atoms with van der Waals surface area (Å²) in [5, 5.41) is 17.0. The Labute approximate surface area is 124 Å². The lowest BCUT2D eigenvalue weighted by molar-refractivity contribution is 0.0687. The van der Waals surface area contributed by atoms with Gasteiger partial charge in [-0.3, -0.25) is 0 Å². The van der Waals surface area contributed by atoms with Gasteiger partial charge in [-0.05, 0) is 46.9 Å². The summed E-state index contributed by atoms with van der Waals surface area (Å²) in [5.74, 6) is -1.05. The topological polar surface area (TPSA) is 68.0 Å². The molecule has 0 atom stereocenters. The summed E-state index contributed by atoms with van der Waals surface area (Å²) in [4.78, 5) is 11.3. The zero-order valence-electron chi connectivity index (χ0n) is 10.9. The van der Waals surface area contributed by atoms with E-state index in [2.05, 4.69) is 32.9 Å². The summed E-state index contributed by atoms with van der Waals surface area (Å²) >= 11 is 2.22. The Balaban J connectivity index is 2.64. The standard InChI is InChI=1S/C13H14IN3O2/c1-13(2,3)11-10(12(18)19)15-16-17(11)9-6-4-8(14)5-7-9/h4-7H,1-3H3,(H,18,19). The predicted octanol–water partition coefficient (Wildman–Crippen LogP) is 2.87. The molecule has 0 unspecified atom stereocenters. The first-order valence-electron chi connectivity index (χ1n) is 5.76. The number of halogens is 1. The third-order valence-electron chi connectivity index (χ3n) is 2.65. The van der Waals surface area contributed by atoms with Crippen molar-refractivity contribution in [3.63, 3.8) is 0 Å². The van der Waals surface area contributed by atoms with E-state index in [0.29, 0.717) is 5.69 Å². The van der Waals surface area contributed by atoms with Crippen molar-refractivity contribution in [3.05, 3.63) is 39.2 Å². The van der Waals surface area contributed by atoms with E-state index in [-0.39, 0.29) is 11.1 Å². The Morgan fingerprint density at radius 1 is 1.26 bits per heavy atom. The van der Waals surface area contributed by atoms with Crippen LogP contribution in [0.3, 0.4) is 0 Å². The van der Waals surface area contributed by atoms with Gasteiger partial charge < -0.3 is 5.11 Å². The van der Waals surface area contributed by atoms with Crippen LogP contribution in [0.4, 0.5) is 0 Å². The molecule has 0 saturated carbocycles. The fourth-order valence-electron chi connectivity index (χ4n) is 1.86. The van der Waals surface area contributed by atoms with Gasteiger partial charge in [-0.15, -0.1) is 5.10 Å². The smallest absolute Gasteiger partial charge is 0.358 e. The Bertz CT molecular complexity index is 612. The molecule has 19 heavy (non-hydrogen) atoms. The zero-order chi connectivity index (χ0) is 14.2. The number of carboxylic acids is 1. The Morgan fingerprint density at radius 2 is 1.84 bits per heavy atom. The maximum absolute atomic E-state index is 11.3. The molecule has 0 radical (unpaired) electrons. The Kier molecular flexibility index (Phi) is 3.62. The average Bonchev–Trinajstić information content (AvgIpc) is 2.74. The highest BCUT2D eigenvalue weighted by Gasteiger charge is 2.29. The molecule has 0 amide bonds. The van der Waals surface area contributed by atoms with Crippen molar-refractivity contribution in [2.24, 2.45) is 0 Å². The number of aromatic nitrogens is 3. The van der Waals surface area contributed by atoms with Crippen LogP contribution in [-0.4, -0.2) is 26.1 Å². The van der Waals surface area contributed by atoms with Gasteiger partial charge in [-0.25, -0.2) is 9.48 Å². The van der Waals surface area contributed by atoms with Crippen LogP contribution in [-0.2, 0) is 5.41 Å². The summed E-state index contributed by atoms with van der Waals surface area (Å²) in [5.41, 5.74) is 1.05. The molecule has 0 saturated heterocycles. The van der Waals surface area contributed by atoms with Crippen molar-refractivity contribution in [1.29, 1.82) is 0 Å². The van der Waals surface area contributed by atoms with E-state index in [1.807, 2.05) is 45.0 Å². The lowest BCUT2D eigenvalue weighted by Gasteiger charge is -2.20. The lowest BCUT2D eigenvalue weighted by Crippen LogP contribution is -2.21. The van der Waals surface area contributed by atoms with E-state index < -0.39 is 5.97 Å². The molecule has 0 aliphatic heterocycles. The minimum Gasteiger partial charge on any atom is -0.476 e. The van der Waals surface area contributed by atoms with E-state index in [9.17, 15) is 9.90 Å². The van der Waals surface area contributed by atoms with Crippen LogP contribution in [0, 0.1) is 3.57 Å². The van der Waals surface area contributed by atoms with Crippen LogP contribution < -0.4 is 0 Å². The van der Waals surface area contributed by atoms with Gasteiger partial charge in [0.2, 0.25) is 0 Å². The fourth-order valence-corrected chi connectivity index (χ4v) is 2.22. The van der Waals surface area contributed by atoms with Crippen LogP contribution >= 0.6 is 22.6 Å². The van der Waals surface area contributed by atoms with Crippen LogP contribution in [0.25, 0.3) is 5.69 Å². The minimum atomic E-state index is -1.05. The summed E-state index contributed by atoms with van der Waals surface area (Å²) in [6.45, 7) is 5.84. The van der Waals surface area contributed by atoms with Gasteiger partial charge in [-0.1, -0.05) is 26.0 Å². The molecule has 0 aliphatic rings. The molecule has 0 aliphatic carbocycles. The van der Waals surface area contributed by atoms with Crippen LogP contribution in [0.1, 0.15) is 37.0 Å². The van der Waals surface area contributed by atoms with E-state index in [1.165, 1.54) is 0 Å². The molecular formula is C13H14IN3O2. The molecule has 0 bridgehead atoms. The normalized spacial score (nSPS) is 11.6. The van der Waals surface area contributed by atoms with E-state index >= 15 is 0 Å². The first-order chi connectivity index (χ1) is 8.80. The molecule has 2 aromatic rings. The maximum atomic E-state index is 11.3. The van der Waals surface area contributed by atoms with Crippen molar-refractivity contribution < 1.29 is 9.90 Å². The number of hydrogen-bond acceptors (Lipinski definition) is 3.